The number of aryl methyl sites for hydroxylation is 1. The molecule has 0 aliphatic carbocycles. The monoisotopic (exact) mass is 415 g/mol. The van der Waals surface area contributed by atoms with E-state index in [-0.39, 0.29) is 26.4 Å². The van der Waals surface area contributed by atoms with E-state index in [2.05, 4.69) is 0 Å². The summed E-state index contributed by atoms with van der Waals surface area (Å²) < 4.78 is 0.0423. The normalized spacial score (nSPS) is 17.0. The second kappa shape index (κ2) is 8.07. The zero-order valence-electron chi connectivity index (χ0n) is 13.4. The highest BCUT2D eigenvalue weighted by Gasteiger charge is 2.40. The number of rotatable bonds is 6. The lowest BCUT2D eigenvalue weighted by atomic mass is 10.1. The van der Waals surface area contributed by atoms with Crippen molar-refractivity contribution < 1.29 is 29.7 Å². The van der Waals surface area contributed by atoms with Gasteiger partial charge in [0.15, 0.2) is 0 Å². The molecule has 1 aromatic carbocycles. The molecular weight excluding hydrogens is 402 g/mol. The minimum atomic E-state index is -1.35. The maximum Gasteiger partial charge on any atom is 0.326 e. The van der Waals surface area contributed by atoms with E-state index in [0.717, 1.165) is 16.7 Å². The molecule has 1 aliphatic rings. The number of hydrogen-bond acceptors (Lipinski definition) is 6. The van der Waals surface area contributed by atoms with Crippen molar-refractivity contribution in [1.29, 1.82) is 0 Å². The van der Waals surface area contributed by atoms with Crippen LogP contribution in [0, 0.1) is 6.92 Å². The highest BCUT2D eigenvalue weighted by molar-refractivity contribution is 8.26. The number of phenolic OH excluding ortho intramolecular Hbond substituents is 1. The number of amides is 1. The predicted octanol–water partition coefficient (Wildman–Crippen LogP) is 2.87. The van der Waals surface area contributed by atoms with Crippen molar-refractivity contribution >= 4 is 63.8 Å². The van der Waals surface area contributed by atoms with Crippen molar-refractivity contribution in [3.63, 3.8) is 0 Å². The van der Waals surface area contributed by atoms with Gasteiger partial charge in [-0.3, -0.25) is 14.5 Å². The SMILES string of the molecule is Cc1cc(/C=C2\SC(=S)N([C@@H](CCC(=O)O)C(=O)O)C2=O)cc(Cl)c1O. The molecule has 1 heterocycles. The summed E-state index contributed by atoms with van der Waals surface area (Å²) in [5, 5.41) is 27.9. The number of halogens is 1. The zero-order chi connectivity index (χ0) is 19.6. The molecule has 0 radical (unpaired) electrons. The number of thiocarbonyl (C=S) groups is 1. The number of carbonyl (C=O) groups excluding carboxylic acids is 1. The summed E-state index contributed by atoms with van der Waals surface area (Å²) in [6, 6.07) is 1.73. The Morgan fingerprint density at radius 1 is 1.38 bits per heavy atom. The number of benzene rings is 1. The Kier molecular flexibility index (Phi) is 6.27. The number of thioether (sulfide) groups is 1. The molecule has 1 saturated heterocycles. The van der Waals surface area contributed by atoms with E-state index in [1.165, 1.54) is 12.1 Å². The summed E-state index contributed by atoms with van der Waals surface area (Å²) in [6.45, 7) is 1.65. The van der Waals surface area contributed by atoms with E-state index >= 15 is 0 Å². The van der Waals surface area contributed by atoms with Gasteiger partial charge >= 0.3 is 11.9 Å². The van der Waals surface area contributed by atoms with Gasteiger partial charge in [-0.05, 0) is 42.7 Å². The van der Waals surface area contributed by atoms with Gasteiger partial charge in [0, 0.05) is 6.42 Å². The van der Waals surface area contributed by atoms with E-state index in [1.807, 2.05) is 0 Å². The Morgan fingerprint density at radius 2 is 2.04 bits per heavy atom. The number of aromatic hydroxyl groups is 1. The van der Waals surface area contributed by atoms with Gasteiger partial charge in [-0.2, -0.15) is 0 Å². The zero-order valence-corrected chi connectivity index (χ0v) is 15.8. The summed E-state index contributed by atoms with van der Waals surface area (Å²) >= 11 is 12.0. The number of hydrogen-bond donors (Lipinski definition) is 3. The minimum absolute atomic E-state index is 0.0423. The first kappa shape index (κ1) is 20.2. The first-order valence-electron chi connectivity index (χ1n) is 7.32. The molecule has 10 heteroatoms. The van der Waals surface area contributed by atoms with Crippen LogP contribution >= 0.6 is 35.6 Å². The Hall–Kier alpha value is -2.10. The van der Waals surface area contributed by atoms with Crippen molar-refractivity contribution in [2.45, 2.75) is 25.8 Å². The van der Waals surface area contributed by atoms with Gasteiger partial charge < -0.3 is 15.3 Å². The summed E-state index contributed by atoms with van der Waals surface area (Å²) in [5.74, 6) is -3.16. The van der Waals surface area contributed by atoms with Gasteiger partial charge in [0.05, 0.1) is 9.93 Å². The lowest BCUT2D eigenvalue weighted by molar-refractivity contribution is -0.146. The third-order valence-corrected chi connectivity index (χ3v) is 5.24. The second-order valence-corrected chi connectivity index (χ2v) is 7.59. The fourth-order valence-electron chi connectivity index (χ4n) is 2.37. The van der Waals surface area contributed by atoms with E-state index in [4.69, 9.17) is 28.9 Å². The summed E-state index contributed by atoms with van der Waals surface area (Å²) in [7, 11) is 0. The predicted molar refractivity (Wildman–Crippen MR) is 101 cm³/mol. The maximum atomic E-state index is 12.6. The van der Waals surface area contributed by atoms with Crippen LogP contribution in [0.25, 0.3) is 6.08 Å². The Bertz CT molecular complexity index is 815. The average Bonchev–Trinajstić information content (AvgIpc) is 2.80. The number of aliphatic carboxylic acids is 2. The number of phenols is 1. The lowest BCUT2D eigenvalue weighted by Crippen LogP contribution is -2.44. The molecule has 1 amide bonds. The maximum absolute atomic E-state index is 12.6. The van der Waals surface area contributed by atoms with E-state index in [1.54, 1.807) is 13.0 Å². The van der Waals surface area contributed by atoms with Crippen molar-refractivity contribution in [1.82, 2.24) is 4.90 Å². The molecule has 0 aromatic heterocycles. The van der Waals surface area contributed by atoms with Gasteiger partial charge in [0.2, 0.25) is 0 Å². The summed E-state index contributed by atoms with van der Waals surface area (Å²) in [6.07, 6.45) is 0.835. The van der Waals surface area contributed by atoms with Crippen molar-refractivity contribution in [3.05, 3.63) is 33.2 Å². The topological polar surface area (TPSA) is 115 Å². The smallest absolute Gasteiger partial charge is 0.326 e. The molecular formula is C16H14ClNO6S2. The van der Waals surface area contributed by atoms with Crippen LogP contribution in [0.15, 0.2) is 17.0 Å². The number of nitrogens with zero attached hydrogens (tertiary/aromatic N) is 1. The summed E-state index contributed by atoms with van der Waals surface area (Å²) in [4.78, 5) is 35.9. The van der Waals surface area contributed by atoms with Crippen molar-refractivity contribution in [2.24, 2.45) is 0 Å². The first-order chi connectivity index (χ1) is 12.1. The molecule has 0 unspecified atom stereocenters. The first-order valence-corrected chi connectivity index (χ1v) is 8.93. The molecule has 1 fully saturated rings. The lowest BCUT2D eigenvalue weighted by Gasteiger charge is -2.22. The molecule has 1 aromatic rings. The van der Waals surface area contributed by atoms with Gasteiger partial charge in [-0.1, -0.05) is 35.6 Å². The van der Waals surface area contributed by atoms with Crippen LogP contribution in [-0.4, -0.2) is 48.4 Å². The van der Waals surface area contributed by atoms with Gasteiger partial charge in [0.1, 0.15) is 16.1 Å². The van der Waals surface area contributed by atoms with Gasteiger partial charge in [-0.15, -0.1) is 0 Å². The van der Waals surface area contributed by atoms with Gasteiger partial charge in [0.25, 0.3) is 5.91 Å². The average molecular weight is 416 g/mol. The second-order valence-electron chi connectivity index (χ2n) is 5.51. The van der Waals surface area contributed by atoms with Crippen LogP contribution in [0.1, 0.15) is 24.0 Å². The van der Waals surface area contributed by atoms with Crippen LogP contribution in [0.4, 0.5) is 0 Å². The standard InChI is InChI=1S/C16H14ClNO6S2/c1-7-4-8(5-9(17)13(7)21)6-11-14(22)18(16(25)26-11)10(15(23)24)2-3-12(19)20/h4-6,10,21H,2-3H2,1H3,(H,19,20)(H,23,24)/b11-6-/t10-/m0/s1. The van der Waals surface area contributed by atoms with Crippen molar-refractivity contribution in [3.8, 4) is 5.75 Å². The largest absolute Gasteiger partial charge is 0.506 e. The molecule has 3 N–H and O–H groups in total. The molecule has 1 atom stereocenters. The third-order valence-electron chi connectivity index (χ3n) is 3.63. The molecule has 138 valence electrons. The molecule has 26 heavy (non-hydrogen) atoms. The minimum Gasteiger partial charge on any atom is -0.506 e. The number of carboxylic acids is 2. The third kappa shape index (κ3) is 4.35. The molecule has 0 spiro atoms. The molecule has 1 aliphatic heterocycles. The molecule has 2 rings (SSSR count). The number of carboxylic acid groups (broad SMARTS) is 2. The van der Waals surface area contributed by atoms with Crippen molar-refractivity contribution in [2.75, 3.05) is 0 Å². The van der Waals surface area contributed by atoms with E-state index in [9.17, 15) is 24.6 Å². The van der Waals surface area contributed by atoms with Crippen LogP contribution < -0.4 is 0 Å². The molecule has 0 bridgehead atoms. The Balaban J connectivity index is 2.32. The highest BCUT2D eigenvalue weighted by Crippen LogP contribution is 2.36. The Morgan fingerprint density at radius 3 is 2.58 bits per heavy atom. The van der Waals surface area contributed by atoms with Crippen LogP contribution in [0.5, 0.6) is 5.75 Å². The summed E-state index contributed by atoms with van der Waals surface area (Å²) in [5.41, 5.74) is 1.06. The fraction of sp³-hybridized carbons (Fsp3) is 0.250. The van der Waals surface area contributed by atoms with E-state index < -0.39 is 30.3 Å². The quantitative estimate of drug-likeness (QED) is 0.480. The van der Waals surface area contributed by atoms with Gasteiger partial charge in [-0.25, -0.2) is 4.79 Å². The van der Waals surface area contributed by atoms with Crippen LogP contribution in [0.3, 0.4) is 0 Å². The number of carbonyl (C=O) groups is 3. The van der Waals surface area contributed by atoms with Crippen LogP contribution in [-0.2, 0) is 14.4 Å². The fourth-order valence-corrected chi connectivity index (χ4v) is 4.00. The highest BCUT2D eigenvalue weighted by atomic mass is 35.5. The molecule has 0 saturated carbocycles. The van der Waals surface area contributed by atoms with E-state index in [0.29, 0.717) is 11.1 Å². The Labute approximate surface area is 163 Å². The van der Waals surface area contributed by atoms with Crippen LogP contribution in [0.2, 0.25) is 5.02 Å². The molecule has 7 nitrogen and oxygen atoms in total.